The minimum atomic E-state index is -0.841. The lowest BCUT2D eigenvalue weighted by Gasteiger charge is -1.96. The highest BCUT2D eigenvalue weighted by Crippen LogP contribution is 1.80. The van der Waals surface area contributed by atoms with E-state index in [0.29, 0.717) is 13.2 Å². The molecule has 0 aliphatic rings. The molecule has 0 unspecified atom stereocenters. The average molecular weight is 163 g/mol. The minimum absolute atomic E-state index is 0.0556. The fourth-order valence-corrected chi connectivity index (χ4v) is 0.345. The molecule has 3 N–H and O–H groups in total. The number of carbonyl (C=O) groups is 1. The number of ether oxygens (including phenoxy) is 1. The summed E-state index contributed by atoms with van der Waals surface area (Å²) in [5.74, 6) is -0.841. The maximum Gasteiger partial charge on any atom is 0.305 e. The lowest BCUT2D eigenvalue weighted by molar-refractivity contribution is -0.138. The average Bonchev–Trinajstić information content (AvgIpc) is 2.02. The molecule has 0 atom stereocenters. The summed E-state index contributed by atoms with van der Waals surface area (Å²) in [6, 6.07) is 0. The van der Waals surface area contributed by atoms with Crippen molar-refractivity contribution < 1.29 is 14.6 Å². The van der Waals surface area contributed by atoms with Gasteiger partial charge in [0, 0.05) is 6.54 Å². The van der Waals surface area contributed by atoms with Crippen LogP contribution in [0.4, 0.5) is 0 Å². The molecule has 0 amide bonds. The van der Waals surface area contributed by atoms with Crippen molar-refractivity contribution in [1.82, 2.24) is 0 Å². The largest absolute Gasteiger partial charge is 0.481 e. The molecule has 0 aliphatic carbocycles. The number of carboxylic acids is 1. The molecular formula is C7H17NO3. The van der Waals surface area contributed by atoms with Crippen LogP contribution in [0.25, 0.3) is 0 Å². The summed E-state index contributed by atoms with van der Waals surface area (Å²) in [5, 5.41) is 8.10. The van der Waals surface area contributed by atoms with Crippen molar-refractivity contribution in [3.05, 3.63) is 0 Å². The molecule has 0 saturated heterocycles. The Morgan fingerprint density at radius 2 is 2.00 bits per heavy atom. The summed E-state index contributed by atoms with van der Waals surface area (Å²) in [7, 11) is 0. The molecule has 0 radical (unpaired) electrons. The summed E-state index contributed by atoms with van der Waals surface area (Å²) in [5.41, 5.74) is 5.07. The van der Waals surface area contributed by atoms with Crippen LogP contribution in [-0.2, 0) is 9.53 Å². The predicted molar refractivity (Wildman–Crippen MR) is 43.5 cm³/mol. The Labute approximate surface area is 67.3 Å². The third kappa shape index (κ3) is 17.7. The molecule has 68 valence electrons. The van der Waals surface area contributed by atoms with Crippen molar-refractivity contribution in [3.63, 3.8) is 0 Å². The number of aliphatic carboxylic acids is 1. The van der Waals surface area contributed by atoms with Crippen molar-refractivity contribution in [2.24, 2.45) is 5.73 Å². The fourth-order valence-electron chi connectivity index (χ4n) is 0.345. The number of hydrogen-bond donors (Lipinski definition) is 2. The van der Waals surface area contributed by atoms with Crippen LogP contribution in [0.5, 0.6) is 0 Å². The van der Waals surface area contributed by atoms with Gasteiger partial charge in [-0.05, 0) is 0 Å². The Morgan fingerprint density at radius 3 is 2.36 bits per heavy atom. The molecule has 0 bridgehead atoms. The van der Waals surface area contributed by atoms with Gasteiger partial charge in [-0.3, -0.25) is 4.79 Å². The first-order valence-corrected chi connectivity index (χ1v) is 3.77. The van der Waals surface area contributed by atoms with Gasteiger partial charge in [-0.2, -0.15) is 0 Å². The van der Waals surface area contributed by atoms with Crippen molar-refractivity contribution in [2.45, 2.75) is 20.3 Å². The second kappa shape index (κ2) is 12.1. The van der Waals surface area contributed by atoms with E-state index in [2.05, 4.69) is 0 Å². The zero-order chi connectivity index (χ0) is 9.11. The first-order valence-electron chi connectivity index (χ1n) is 3.77. The molecular weight excluding hydrogens is 146 g/mol. The molecule has 11 heavy (non-hydrogen) atoms. The van der Waals surface area contributed by atoms with Crippen molar-refractivity contribution >= 4 is 5.97 Å². The topological polar surface area (TPSA) is 72.5 Å². The van der Waals surface area contributed by atoms with Gasteiger partial charge < -0.3 is 15.6 Å². The maximum absolute atomic E-state index is 9.85. The number of hydrogen-bond acceptors (Lipinski definition) is 3. The molecule has 0 fully saturated rings. The van der Waals surface area contributed by atoms with Gasteiger partial charge in [0.2, 0.25) is 0 Å². The molecule has 0 rings (SSSR count). The molecule has 0 saturated carbocycles. The quantitative estimate of drug-likeness (QED) is 0.577. The fraction of sp³-hybridized carbons (Fsp3) is 0.857. The summed E-state index contributed by atoms with van der Waals surface area (Å²) in [6.45, 7) is 5.14. The lowest BCUT2D eigenvalue weighted by atomic mass is 10.5. The smallest absolute Gasteiger partial charge is 0.305 e. The monoisotopic (exact) mass is 163 g/mol. The second-order valence-corrected chi connectivity index (χ2v) is 1.54. The van der Waals surface area contributed by atoms with Gasteiger partial charge in [-0.25, -0.2) is 0 Å². The van der Waals surface area contributed by atoms with E-state index in [4.69, 9.17) is 15.6 Å². The number of carboxylic acid groups (broad SMARTS) is 1. The van der Waals surface area contributed by atoms with E-state index in [1.54, 1.807) is 0 Å². The molecule has 4 heteroatoms. The highest BCUT2D eigenvalue weighted by molar-refractivity contribution is 5.66. The van der Waals surface area contributed by atoms with Crippen LogP contribution >= 0.6 is 0 Å². The third-order valence-corrected chi connectivity index (χ3v) is 0.722. The zero-order valence-electron chi connectivity index (χ0n) is 7.17. The van der Waals surface area contributed by atoms with Crippen LogP contribution in [0.2, 0.25) is 0 Å². The Kier molecular flexibility index (Phi) is 14.3. The highest BCUT2D eigenvalue weighted by Gasteiger charge is 1.93. The minimum Gasteiger partial charge on any atom is -0.481 e. The molecule has 0 aromatic rings. The molecule has 0 aliphatic heterocycles. The highest BCUT2D eigenvalue weighted by atomic mass is 16.5. The van der Waals surface area contributed by atoms with Crippen molar-refractivity contribution in [2.75, 3.05) is 19.8 Å². The number of nitrogens with two attached hydrogens (primary N) is 1. The standard InChI is InChI=1S/C5H11NO3.C2H6/c6-2-4-9-3-1-5(7)8;1-2/h1-4,6H2,(H,7,8);1-2H3. The van der Waals surface area contributed by atoms with E-state index in [1.807, 2.05) is 13.8 Å². The van der Waals surface area contributed by atoms with Crippen molar-refractivity contribution in [3.8, 4) is 0 Å². The van der Waals surface area contributed by atoms with Gasteiger partial charge in [0.05, 0.1) is 19.6 Å². The number of rotatable bonds is 5. The molecule has 0 heterocycles. The van der Waals surface area contributed by atoms with E-state index in [1.165, 1.54) is 0 Å². The van der Waals surface area contributed by atoms with Gasteiger partial charge in [0.15, 0.2) is 0 Å². The lowest BCUT2D eigenvalue weighted by Crippen LogP contribution is -2.10. The van der Waals surface area contributed by atoms with Crippen LogP contribution in [0.3, 0.4) is 0 Å². The maximum atomic E-state index is 9.85. The summed E-state index contributed by atoms with van der Waals surface area (Å²) < 4.78 is 4.79. The van der Waals surface area contributed by atoms with Gasteiger partial charge in [0.25, 0.3) is 0 Å². The Balaban J connectivity index is 0. The third-order valence-electron chi connectivity index (χ3n) is 0.722. The first kappa shape index (κ1) is 13.0. The second-order valence-electron chi connectivity index (χ2n) is 1.54. The molecule has 0 aromatic carbocycles. The SMILES string of the molecule is CC.NCCOCCC(=O)O. The van der Waals surface area contributed by atoms with Gasteiger partial charge in [-0.15, -0.1) is 0 Å². The van der Waals surface area contributed by atoms with Crippen molar-refractivity contribution in [1.29, 1.82) is 0 Å². The Morgan fingerprint density at radius 1 is 1.45 bits per heavy atom. The van der Waals surface area contributed by atoms with Crippen LogP contribution in [0.1, 0.15) is 20.3 Å². The van der Waals surface area contributed by atoms with Gasteiger partial charge in [-0.1, -0.05) is 13.8 Å². The van der Waals surface area contributed by atoms with Crippen LogP contribution in [0, 0.1) is 0 Å². The van der Waals surface area contributed by atoms with Crippen LogP contribution < -0.4 is 5.73 Å². The van der Waals surface area contributed by atoms with E-state index in [9.17, 15) is 4.79 Å². The van der Waals surface area contributed by atoms with E-state index in [-0.39, 0.29) is 13.0 Å². The molecule has 0 aromatic heterocycles. The summed E-state index contributed by atoms with van der Waals surface area (Å²) in [6.07, 6.45) is 0.0556. The Hall–Kier alpha value is -0.610. The summed E-state index contributed by atoms with van der Waals surface area (Å²) >= 11 is 0. The first-order chi connectivity index (χ1) is 5.27. The van der Waals surface area contributed by atoms with Gasteiger partial charge in [0.1, 0.15) is 0 Å². The van der Waals surface area contributed by atoms with E-state index in [0.717, 1.165) is 0 Å². The zero-order valence-corrected chi connectivity index (χ0v) is 7.17. The Bertz CT molecular complexity index is 85.8. The predicted octanol–water partition coefficient (Wildman–Crippen LogP) is 0.463. The molecule has 0 spiro atoms. The van der Waals surface area contributed by atoms with E-state index < -0.39 is 5.97 Å². The van der Waals surface area contributed by atoms with Crippen LogP contribution in [0.15, 0.2) is 0 Å². The normalized spacial score (nSPS) is 8.27. The van der Waals surface area contributed by atoms with E-state index >= 15 is 0 Å². The van der Waals surface area contributed by atoms with Gasteiger partial charge >= 0.3 is 5.97 Å². The van der Waals surface area contributed by atoms with Crippen LogP contribution in [-0.4, -0.2) is 30.8 Å². The molecule has 4 nitrogen and oxygen atoms in total. The summed E-state index contributed by atoms with van der Waals surface area (Å²) in [4.78, 5) is 9.85.